The molecule has 0 aromatic carbocycles. The van der Waals surface area contributed by atoms with Gasteiger partial charge in [0.1, 0.15) is 6.61 Å². The Kier molecular flexibility index (Phi) is 2.69. The number of methoxy groups -OCH3 is 1. The summed E-state index contributed by atoms with van der Waals surface area (Å²) in [5.74, 6) is 0. The first-order valence-electron chi connectivity index (χ1n) is 2.13. The Morgan fingerprint density at radius 2 is 2.00 bits per heavy atom. The molecular formula is C3H5F2O4S-. The van der Waals surface area contributed by atoms with E-state index in [4.69, 9.17) is 0 Å². The van der Waals surface area contributed by atoms with Crippen LogP contribution in [0.3, 0.4) is 0 Å². The maximum atomic E-state index is 11.9. The monoisotopic (exact) mass is 175 g/mol. The van der Waals surface area contributed by atoms with Gasteiger partial charge >= 0.3 is 5.25 Å². The number of ether oxygens (including phenoxy) is 1. The molecule has 0 aliphatic heterocycles. The van der Waals surface area contributed by atoms with Gasteiger partial charge < -0.3 is 9.29 Å². The second-order valence-corrected chi connectivity index (χ2v) is 3.03. The zero-order valence-electron chi connectivity index (χ0n) is 5.00. The molecule has 0 aromatic rings. The smallest absolute Gasteiger partial charge is 0.357 e. The third-order valence-electron chi connectivity index (χ3n) is 0.678. The highest BCUT2D eigenvalue weighted by Crippen LogP contribution is 2.19. The summed E-state index contributed by atoms with van der Waals surface area (Å²) in [4.78, 5) is 0. The lowest BCUT2D eigenvalue weighted by Crippen LogP contribution is -2.33. The first-order valence-corrected chi connectivity index (χ1v) is 3.54. The van der Waals surface area contributed by atoms with Crippen LogP contribution in [0.15, 0.2) is 0 Å². The fourth-order valence-corrected chi connectivity index (χ4v) is 0.502. The Morgan fingerprint density at radius 1 is 1.60 bits per heavy atom. The zero-order valence-corrected chi connectivity index (χ0v) is 5.82. The molecule has 0 heterocycles. The molecule has 0 N–H and O–H groups in total. The van der Waals surface area contributed by atoms with Gasteiger partial charge in [-0.2, -0.15) is 8.78 Å². The van der Waals surface area contributed by atoms with E-state index in [2.05, 4.69) is 4.74 Å². The van der Waals surface area contributed by atoms with Gasteiger partial charge in [0.05, 0.1) is 0 Å². The largest absolute Gasteiger partial charge is 0.743 e. The fraction of sp³-hybridized carbons (Fsp3) is 1.00. The standard InChI is InChI=1S/C3H6F2O4S/c1-9-2-3(4,5)10(6,7)8/h2H2,1H3,(H,6,7,8)/p-1. The lowest BCUT2D eigenvalue weighted by Gasteiger charge is -2.18. The van der Waals surface area contributed by atoms with Crippen molar-refractivity contribution in [2.75, 3.05) is 13.7 Å². The quantitative estimate of drug-likeness (QED) is 0.556. The molecule has 0 aliphatic carbocycles. The van der Waals surface area contributed by atoms with Crippen molar-refractivity contribution < 1.29 is 26.5 Å². The Balaban J connectivity index is 4.42. The van der Waals surface area contributed by atoms with Crippen molar-refractivity contribution in [2.24, 2.45) is 0 Å². The van der Waals surface area contributed by atoms with Crippen LogP contribution in [0.4, 0.5) is 8.78 Å². The van der Waals surface area contributed by atoms with Crippen molar-refractivity contribution >= 4 is 10.1 Å². The van der Waals surface area contributed by atoms with Crippen LogP contribution in [-0.4, -0.2) is 31.9 Å². The first-order chi connectivity index (χ1) is 4.31. The van der Waals surface area contributed by atoms with Crippen LogP contribution in [-0.2, 0) is 14.9 Å². The van der Waals surface area contributed by atoms with Crippen LogP contribution >= 0.6 is 0 Å². The van der Waals surface area contributed by atoms with Crippen LogP contribution < -0.4 is 0 Å². The maximum absolute atomic E-state index is 11.9. The molecule has 0 aliphatic rings. The van der Waals surface area contributed by atoms with Crippen LogP contribution in [0.1, 0.15) is 0 Å². The molecule has 4 nitrogen and oxygen atoms in total. The highest BCUT2D eigenvalue weighted by atomic mass is 32.2. The molecule has 62 valence electrons. The zero-order chi connectivity index (χ0) is 8.41. The first kappa shape index (κ1) is 9.73. The van der Waals surface area contributed by atoms with E-state index in [1.807, 2.05) is 0 Å². The highest BCUT2D eigenvalue weighted by molar-refractivity contribution is 7.86. The number of hydrogen-bond acceptors (Lipinski definition) is 4. The summed E-state index contributed by atoms with van der Waals surface area (Å²) in [6.07, 6.45) is 0. The second kappa shape index (κ2) is 2.77. The molecule has 0 spiro atoms. The van der Waals surface area contributed by atoms with E-state index in [-0.39, 0.29) is 0 Å². The lowest BCUT2D eigenvalue weighted by molar-refractivity contribution is -0.00230. The third kappa shape index (κ3) is 2.16. The van der Waals surface area contributed by atoms with Gasteiger partial charge in [-0.05, 0) is 0 Å². The average molecular weight is 175 g/mol. The number of alkyl halides is 2. The van der Waals surface area contributed by atoms with Crippen molar-refractivity contribution in [2.45, 2.75) is 5.25 Å². The van der Waals surface area contributed by atoms with Gasteiger partial charge in [-0.25, -0.2) is 8.42 Å². The van der Waals surface area contributed by atoms with E-state index in [1.165, 1.54) is 0 Å². The minimum absolute atomic E-state index is 0.874. The molecule has 0 bridgehead atoms. The van der Waals surface area contributed by atoms with E-state index >= 15 is 0 Å². The highest BCUT2D eigenvalue weighted by Gasteiger charge is 2.37. The molecular weight excluding hydrogens is 170 g/mol. The second-order valence-electron chi connectivity index (χ2n) is 1.52. The molecule has 0 rings (SSSR count). The van der Waals surface area contributed by atoms with Gasteiger partial charge in [-0.1, -0.05) is 0 Å². The Hall–Kier alpha value is -0.270. The molecule has 0 saturated carbocycles. The predicted molar refractivity (Wildman–Crippen MR) is 26.5 cm³/mol. The number of rotatable bonds is 3. The molecule has 0 amide bonds. The normalized spacial score (nSPS) is 13.6. The molecule has 0 saturated heterocycles. The van der Waals surface area contributed by atoms with Gasteiger partial charge in [-0.3, -0.25) is 0 Å². The lowest BCUT2D eigenvalue weighted by atomic mass is 10.8. The van der Waals surface area contributed by atoms with E-state index in [0.29, 0.717) is 0 Å². The summed E-state index contributed by atoms with van der Waals surface area (Å²) in [5.41, 5.74) is 0. The molecule has 0 fully saturated rings. The molecule has 0 atom stereocenters. The summed E-state index contributed by atoms with van der Waals surface area (Å²) in [6, 6.07) is 0. The van der Waals surface area contributed by atoms with Crippen LogP contribution in [0, 0.1) is 0 Å². The van der Waals surface area contributed by atoms with Gasteiger partial charge in [-0.15, -0.1) is 0 Å². The Labute approximate surface area is 56.5 Å². The molecule has 0 radical (unpaired) electrons. The summed E-state index contributed by atoms with van der Waals surface area (Å²) in [5, 5.41) is -4.32. The van der Waals surface area contributed by atoms with Crippen molar-refractivity contribution in [3.05, 3.63) is 0 Å². The van der Waals surface area contributed by atoms with Gasteiger partial charge in [0.25, 0.3) is 0 Å². The van der Waals surface area contributed by atoms with Crippen molar-refractivity contribution in [1.82, 2.24) is 0 Å². The van der Waals surface area contributed by atoms with Crippen LogP contribution in [0.2, 0.25) is 0 Å². The number of halogens is 2. The average Bonchev–Trinajstić information content (AvgIpc) is 1.61. The minimum atomic E-state index is -5.57. The van der Waals surface area contributed by atoms with Crippen LogP contribution in [0.25, 0.3) is 0 Å². The minimum Gasteiger partial charge on any atom is -0.743 e. The predicted octanol–water partition coefficient (Wildman–Crippen LogP) is -0.229. The van der Waals surface area contributed by atoms with Crippen molar-refractivity contribution in [3.8, 4) is 0 Å². The topological polar surface area (TPSA) is 66.4 Å². The van der Waals surface area contributed by atoms with E-state index in [9.17, 15) is 21.8 Å². The molecule has 0 aromatic heterocycles. The fourth-order valence-electron chi connectivity index (χ4n) is 0.240. The van der Waals surface area contributed by atoms with E-state index in [1.54, 1.807) is 0 Å². The van der Waals surface area contributed by atoms with Gasteiger partial charge in [0, 0.05) is 7.11 Å². The maximum Gasteiger partial charge on any atom is 0.357 e. The SMILES string of the molecule is COCC(F)(F)S(=O)(=O)[O-]. The molecule has 0 unspecified atom stereocenters. The third-order valence-corrected chi connectivity index (χ3v) is 1.53. The summed E-state index contributed by atoms with van der Waals surface area (Å²) in [7, 11) is -4.70. The summed E-state index contributed by atoms with van der Waals surface area (Å²) >= 11 is 0. The molecule has 10 heavy (non-hydrogen) atoms. The van der Waals surface area contributed by atoms with E-state index in [0.717, 1.165) is 7.11 Å². The summed E-state index contributed by atoms with van der Waals surface area (Å²) in [6.45, 7) is -1.40. The van der Waals surface area contributed by atoms with Gasteiger partial charge in [0.2, 0.25) is 0 Å². The Bertz CT molecular complexity index is 197. The van der Waals surface area contributed by atoms with Gasteiger partial charge in [0.15, 0.2) is 10.1 Å². The van der Waals surface area contributed by atoms with E-state index < -0.39 is 22.0 Å². The molecule has 7 heteroatoms. The number of hydrogen-bond donors (Lipinski definition) is 0. The van der Waals surface area contributed by atoms with Crippen molar-refractivity contribution in [1.29, 1.82) is 0 Å². The van der Waals surface area contributed by atoms with Crippen LogP contribution in [0.5, 0.6) is 0 Å². The van der Waals surface area contributed by atoms with Crippen molar-refractivity contribution in [3.63, 3.8) is 0 Å². The summed E-state index contributed by atoms with van der Waals surface area (Å²) < 4.78 is 56.6. The Morgan fingerprint density at radius 3 is 2.10 bits per heavy atom.